The van der Waals surface area contributed by atoms with Gasteiger partial charge in [-0.15, -0.1) is 0 Å². The van der Waals surface area contributed by atoms with Gasteiger partial charge < -0.3 is 15.1 Å². The maximum absolute atomic E-state index is 12.3. The SMILES string of the molecule is Cc1ccc(NC(=O)Nc2cncc(-c3ccc4c(c3)CCN4N3CCOC3)n2)cn1. The van der Waals surface area contributed by atoms with E-state index in [2.05, 4.69) is 47.7 Å². The van der Waals surface area contributed by atoms with Gasteiger partial charge in [0.05, 0.1) is 42.3 Å². The van der Waals surface area contributed by atoms with Crippen molar-refractivity contribution in [2.24, 2.45) is 0 Å². The minimum atomic E-state index is -0.394. The van der Waals surface area contributed by atoms with Crippen molar-refractivity contribution in [3.8, 4) is 11.3 Å². The van der Waals surface area contributed by atoms with Crippen LogP contribution in [0.2, 0.25) is 0 Å². The second-order valence-electron chi connectivity index (χ2n) is 7.54. The molecule has 2 amide bonds. The van der Waals surface area contributed by atoms with Crippen molar-refractivity contribution in [3.63, 3.8) is 0 Å². The highest BCUT2D eigenvalue weighted by Gasteiger charge is 2.27. The number of nitrogens with zero attached hydrogens (tertiary/aromatic N) is 5. The Balaban J connectivity index is 1.30. The molecule has 2 aromatic heterocycles. The summed E-state index contributed by atoms with van der Waals surface area (Å²) in [7, 11) is 0. The van der Waals surface area contributed by atoms with Crippen LogP contribution >= 0.6 is 0 Å². The van der Waals surface area contributed by atoms with Crippen LogP contribution in [0.25, 0.3) is 11.3 Å². The fraction of sp³-hybridized carbons (Fsp3) is 0.273. The standard InChI is InChI=1S/C22H23N7O2/c1-15-2-4-18(11-24-15)25-22(30)27-21-13-23-12-19(26-21)16-3-5-20-17(10-16)6-7-29(20)28-8-9-31-14-28/h2-5,10-13H,6-9,14H2,1H3,(H2,25,26,27,30). The van der Waals surface area contributed by atoms with Crippen LogP contribution in [0.3, 0.4) is 0 Å². The van der Waals surface area contributed by atoms with Crippen LogP contribution in [0, 0.1) is 6.92 Å². The van der Waals surface area contributed by atoms with Gasteiger partial charge in [-0.1, -0.05) is 6.07 Å². The predicted octanol–water partition coefficient (Wildman–Crippen LogP) is 3.06. The Morgan fingerprint density at radius 1 is 1.10 bits per heavy atom. The molecule has 0 atom stereocenters. The highest BCUT2D eigenvalue weighted by atomic mass is 16.5. The lowest BCUT2D eigenvalue weighted by molar-refractivity contribution is 0.135. The number of benzene rings is 1. The van der Waals surface area contributed by atoms with E-state index in [-0.39, 0.29) is 0 Å². The summed E-state index contributed by atoms with van der Waals surface area (Å²) in [6.45, 7) is 5.17. The summed E-state index contributed by atoms with van der Waals surface area (Å²) in [5.74, 6) is 0.381. The van der Waals surface area contributed by atoms with Crippen molar-refractivity contribution < 1.29 is 9.53 Å². The Labute approximate surface area is 180 Å². The average Bonchev–Trinajstić information content (AvgIpc) is 3.44. The first-order valence-corrected chi connectivity index (χ1v) is 10.2. The topological polar surface area (TPSA) is 95.5 Å². The summed E-state index contributed by atoms with van der Waals surface area (Å²) in [6, 6.07) is 9.55. The van der Waals surface area contributed by atoms with Crippen LogP contribution in [-0.4, -0.2) is 52.4 Å². The number of amides is 2. The Bertz CT molecular complexity index is 1100. The van der Waals surface area contributed by atoms with E-state index in [9.17, 15) is 4.79 Å². The molecule has 31 heavy (non-hydrogen) atoms. The molecular formula is C22H23N7O2. The third kappa shape index (κ3) is 4.18. The summed E-state index contributed by atoms with van der Waals surface area (Å²) in [6.07, 6.45) is 5.81. The minimum Gasteiger partial charge on any atom is -0.363 e. The second-order valence-corrected chi connectivity index (χ2v) is 7.54. The number of hydrogen-bond donors (Lipinski definition) is 2. The van der Waals surface area contributed by atoms with Gasteiger partial charge in [0.25, 0.3) is 0 Å². The molecule has 158 valence electrons. The highest BCUT2D eigenvalue weighted by Crippen LogP contribution is 2.33. The fourth-order valence-corrected chi connectivity index (χ4v) is 3.82. The smallest absolute Gasteiger partial charge is 0.324 e. The number of carbonyl (C=O) groups is 1. The molecule has 1 saturated heterocycles. The van der Waals surface area contributed by atoms with Gasteiger partial charge in [-0.2, -0.15) is 5.01 Å². The molecule has 4 heterocycles. The molecular weight excluding hydrogens is 394 g/mol. The number of fused-ring (bicyclic) bond motifs is 1. The molecule has 1 fully saturated rings. The Morgan fingerprint density at radius 2 is 2.03 bits per heavy atom. The van der Waals surface area contributed by atoms with Gasteiger partial charge in [0.15, 0.2) is 5.82 Å². The first-order valence-electron chi connectivity index (χ1n) is 10.2. The molecule has 0 aliphatic carbocycles. The Kier molecular flexibility index (Phi) is 5.19. The molecule has 9 heteroatoms. The lowest BCUT2D eigenvalue weighted by Gasteiger charge is -2.28. The maximum atomic E-state index is 12.3. The quantitative estimate of drug-likeness (QED) is 0.674. The van der Waals surface area contributed by atoms with E-state index in [1.807, 2.05) is 19.1 Å². The Hall–Kier alpha value is -3.56. The lowest BCUT2D eigenvalue weighted by atomic mass is 10.1. The molecule has 2 aliphatic rings. The van der Waals surface area contributed by atoms with Gasteiger partial charge in [-0.05, 0) is 43.2 Å². The first kappa shape index (κ1) is 19.4. The van der Waals surface area contributed by atoms with Crippen LogP contribution in [0.1, 0.15) is 11.3 Å². The van der Waals surface area contributed by atoms with Gasteiger partial charge >= 0.3 is 6.03 Å². The average molecular weight is 417 g/mol. The maximum Gasteiger partial charge on any atom is 0.324 e. The molecule has 0 spiro atoms. The van der Waals surface area contributed by atoms with Crippen LogP contribution in [0.4, 0.5) is 22.0 Å². The number of hydrogen-bond acceptors (Lipinski definition) is 7. The van der Waals surface area contributed by atoms with Gasteiger partial charge in [-0.25, -0.2) is 9.78 Å². The number of ether oxygens (including phenoxy) is 1. The third-order valence-electron chi connectivity index (χ3n) is 5.37. The molecule has 2 N–H and O–H groups in total. The van der Waals surface area contributed by atoms with Crippen molar-refractivity contribution in [2.75, 3.05) is 42.1 Å². The number of hydrazine groups is 1. The largest absolute Gasteiger partial charge is 0.363 e. The third-order valence-corrected chi connectivity index (χ3v) is 5.37. The number of rotatable bonds is 4. The van der Waals surface area contributed by atoms with Gasteiger partial charge in [0.2, 0.25) is 0 Å². The van der Waals surface area contributed by atoms with E-state index in [4.69, 9.17) is 4.74 Å². The predicted molar refractivity (Wildman–Crippen MR) is 118 cm³/mol. The number of anilines is 3. The molecule has 9 nitrogen and oxygen atoms in total. The van der Waals surface area contributed by atoms with E-state index in [1.165, 1.54) is 17.4 Å². The summed E-state index contributed by atoms with van der Waals surface area (Å²) in [5.41, 5.74) is 5.66. The van der Waals surface area contributed by atoms with Crippen molar-refractivity contribution in [1.82, 2.24) is 20.0 Å². The number of carbonyl (C=O) groups excluding carboxylic acids is 1. The number of pyridine rings is 1. The summed E-state index contributed by atoms with van der Waals surface area (Å²) < 4.78 is 5.49. The van der Waals surface area contributed by atoms with Crippen molar-refractivity contribution in [2.45, 2.75) is 13.3 Å². The van der Waals surface area contributed by atoms with Crippen molar-refractivity contribution >= 4 is 23.2 Å². The van der Waals surface area contributed by atoms with Crippen molar-refractivity contribution in [3.05, 3.63) is 60.2 Å². The molecule has 1 aromatic carbocycles. The number of nitrogens with one attached hydrogen (secondary N) is 2. The normalized spacial score (nSPS) is 15.7. The van der Waals surface area contributed by atoms with Crippen LogP contribution in [0.5, 0.6) is 0 Å². The van der Waals surface area contributed by atoms with Crippen LogP contribution in [0.15, 0.2) is 48.9 Å². The molecule has 5 rings (SSSR count). The zero-order valence-corrected chi connectivity index (χ0v) is 17.2. The second kappa shape index (κ2) is 8.29. The van der Waals surface area contributed by atoms with E-state index < -0.39 is 6.03 Å². The fourth-order valence-electron chi connectivity index (χ4n) is 3.82. The minimum absolute atomic E-state index is 0.381. The molecule has 0 bridgehead atoms. The molecule has 0 saturated carbocycles. The van der Waals surface area contributed by atoms with E-state index >= 15 is 0 Å². The van der Waals surface area contributed by atoms with Gasteiger partial charge in [0, 0.05) is 24.3 Å². The summed E-state index contributed by atoms with van der Waals surface area (Å²) in [5, 5.41) is 10.00. The molecule has 2 aliphatic heterocycles. The van der Waals surface area contributed by atoms with Gasteiger partial charge in [0.1, 0.15) is 6.73 Å². The number of aromatic nitrogens is 3. The lowest BCUT2D eigenvalue weighted by Crippen LogP contribution is -2.39. The zero-order chi connectivity index (χ0) is 21.2. The highest BCUT2D eigenvalue weighted by molar-refractivity contribution is 5.99. The van der Waals surface area contributed by atoms with Crippen LogP contribution in [-0.2, 0) is 11.2 Å². The van der Waals surface area contributed by atoms with E-state index in [0.717, 1.165) is 37.4 Å². The summed E-state index contributed by atoms with van der Waals surface area (Å²) >= 11 is 0. The Morgan fingerprint density at radius 3 is 2.84 bits per heavy atom. The first-order chi connectivity index (χ1) is 15.2. The molecule has 0 unspecified atom stereocenters. The number of aryl methyl sites for hydroxylation is 1. The van der Waals surface area contributed by atoms with Crippen molar-refractivity contribution in [1.29, 1.82) is 0 Å². The van der Waals surface area contributed by atoms with E-state index in [1.54, 1.807) is 18.5 Å². The molecule has 3 aromatic rings. The van der Waals surface area contributed by atoms with E-state index in [0.29, 0.717) is 23.9 Å². The number of urea groups is 1. The van der Waals surface area contributed by atoms with Crippen LogP contribution < -0.4 is 15.6 Å². The zero-order valence-electron chi connectivity index (χ0n) is 17.2. The van der Waals surface area contributed by atoms with Gasteiger partial charge in [-0.3, -0.25) is 15.3 Å². The summed E-state index contributed by atoms with van der Waals surface area (Å²) in [4.78, 5) is 25.3. The molecule has 0 radical (unpaired) electrons. The monoisotopic (exact) mass is 417 g/mol.